The topological polar surface area (TPSA) is 100 Å². The van der Waals surface area contributed by atoms with E-state index in [2.05, 4.69) is 10.3 Å². The standard InChI is InChI=1S/C21H25N5O4/c1-21(2)11-14(13-7-5-6-8-15(13)30-21)23-16(27)9-10-26-12-22-18-17(26)19(28)25(4)20(29)24(18)3/h5-8,12,14H,9-11H2,1-4H3,(H,23,27). The van der Waals surface area contributed by atoms with Crippen molar-refractivity contribution in [3.05, 3.63) is 57.0 Å². The molecule has 3 heterocycles. The first kappa shape index (κ1) is 19.9. The Morgan fingerprint density at radius 2 is 1.97 bits per heavy atom. The molecule has 3 aromatic rings. The molecule has 0 spiro atoms. The molecule has 1 atom stereocenters. The van der Waals surface area contributed by atoms with Crippen molar-refractivity contribution >= 4 is 17.1 Å². The Labute approximate surface area is 172 Å². The lowest BCUT2D eigenvalue weighted by molar-refractivity contribution is -0.122. The van der Waals surface area contributed by atoms with E-state index in [1.807, 2.05) is 38.1 Å². The molecule has 9 nitrogen and oxygen atoms in total. The Balaban J connectivity index is 1.53. The molecular formula is C21H25N5O4. The second-order valence-electron chi connectivity index (χ2n) is 8.29. The molecule has 0 bridgehead atoms. The van der Waals surface area contributed by atoms with Crippen molar-refractivity contribution in [2.75, 3.05) is 0 Å². The van der Waals surface area contributed by atoms with Crippen molar-refractivity contribution in [1.29, 1.82) is 0 Å². The summed E-state index contributed by atoms with van der Waals surface area (Å²) >= 11 is 0. The maximum absolute atomic E-state index is 12.7. The Morgan fingerprint density at radius 3 is 2.73 bits per heavy atom. The van der Waals surface area contributed by atoms with Crippen LogP contribution in [0.15, 0.2) is 40.2 Å². The van der Waals surface area contributed by atoms with E-state index in [1.165, 1.54) is 17.9 Å². The van der Waals surface area contributed by atoms with Gasteiger partial charge in [-0.05, 0) is 19.9 Å². The molecule has 1 aliphatic heterocycles. The third-order valence-electron chi connectivity index (χ3n) is 5.51. The van der Waals surface area contributed by atoms with Gasteiger partial charge in [0.25, 0.3) is 5.56 Å². The maximum atomic E-state index is 12.7. The normalized spacial score (nSPS) is 17.4. The highest BCUT2D eigenvalue weighted by molar-refractivity contribution is 5.77. The number of hydrogen-bond donors (Lipinski definition) is 1. The van der Waals surface area contributed by atoms with Crippen LogP contribution in [0.1, 0.15) is 38.3 Å². The van der Waals surface area contributed by atoms with Crippen LogP contribution in [0.3, 0.4) is 0 Å². The van der Waals surface area contributed by atoms with E-state index in [4.69, 9.17) is 4.74 Å². The number of nitrogens with zero attached hydrogens (tertiary/aromatic N) is 4. The second kappa shape index (κ2) is 7.16. The Kier molecular flexibility index (Phi) is 4.76. The minimum absolute atomic E-state index is 0.129. The number of hydrogen-bond acceptors (Lipinski definition) is 5. The van der Waals surface area contributed by atoms with Gasteiger partial charge in [0.1, 0.15) is 11.4 Å². The van der Waals surface area contributed by atoms with Crippen molar-refractivity contribution in [3.63, 3.8) is 0 Å². The maximum Gasteiger partial charge on any atom is 0.332 e. The van der Waals surface area contributed by atoms with Gasteiger partial charge in [0.05, 0.1) is 12.4 Å². The zero-order valence-electron chi connectivity index (χ0n) is 17.5. The van der Waals surface area contributed by atoms with E-state index in [0.717, 1.165) is 15.9 Å². The highest BCUT2D eigenvalue weighted by Gasteiger charge is 2.34. The summed E-state index contributed by atoms with van der Waals surface area (Å²) in [6, 6.07) is 7.57. The van der Waals surface area contributed by atoms with E-state index in [-0.39, 0.29) is 30.5 Å². The number of aryl methyl sites for hydroxylation is 2. The molecule has 158 valence electrons. The predicted molar refractivity (Wildman–Crippen MR) is 111 cm³/mol. The van der Waals surface area contributed by atoms with Crippen molar-refractivity contribution < 1.29 is 9.53 Å². The average Bonchev–Trinajstić information content (AvgIpc) is 3.12. The molecule has 0 fully saturated rings. The van der Waals surface area contributed by atoms with E-state index in [9.17, 15) is 14.4 Å². The number of carbonyl (C=O) groups is 1. The van der Waals surface area contributed by atoms with E-state index in [0.29, 0.717) is 17.6 Å². The third-order valence-corrected chi connectivity index (χ3v) is 5.51. The molecule has 1 unspecified atom stereocenters. The number of imidazole rings is 1. The van der Waals surface area contributed by atoms with Crippen LogP contribution in [0.25, 0.3) is 11.2 Å². The van der Waals surface area contributed by atoms with Crippen LogP contribution in [0, 0.1) is 0 Å². The van der Waals surface area contributed by atoms with E-state index >= 15 is 0 Å². The van der Waals surface area contributed by atoms with Crippen LogP contribution < -0.4 is 21.3 Å². The molecule has 9 heteroatoms. The van der Waals surface area contributed by atoms with Crippen LogP contribution >= 0.6 is 0 Å². The lowest BCUT2D eigenvalue weighted by Gasteiger charge is -2.37. The first-order valence-electron chi connectivity index (χ1n) is 9.86. The summed E-state index contributed by atoms with van der Waals surface area (Å²) in [5, 5.41) is 3.10. The second-order valence-corrected chi connectivity index (χ2v) is 8.29. The first-order chi connectivity index (χ1) is 14.2. The fraction of sp³-hybridized carbons (Fsp3) is 0.429. The van der Waals surface area contributed by atoms with Gasteiger partial charge < -0.3 is 14.6 Å². The van der Waals surface area contributed by atoms with Crippen LogP contribution in [0.5, 0.6) is 5.75 Å². The number of carbonyl (C=O) groups excluding carboxylic acids is 1. The average molecular weight is 411 g/mol. The number of rotatable bonds is 4. The lowest BCUT2D eigenvalue weighted by atomic mass is 9.89. The molecule has 4 rings (SSSR count). The molecule has 0 saturated carbocycles. The van der Waals surface area contributed by atoms with Crippen molar-refractivity contribution in [3.8, 4) is 5.75 Å². The van der Waals surface area contributed by atoms with E-state index < -0.39 is 11.2 Å². The number of para-hydroxylation sites is 1. The molecule has 1 N–H and O–H groups in total. The molecule has 0 saturated heterocycles. The smallest absolute Gasteiger partial charge is 0.332 e. The molecular weight excluding hydrogens is 386 g/mol. The summed E-state index contributed by atoms with van der Waals surface area (Å²) in [5.74, 6) is 0.653. The number of nitrogens with one attached hydrogen (secondary N) is 1. The number of amides is 1. The van der Waals surface area contributed by atoms with Crippen LogP contribution in [0.2, 0.25) is 0 Å². The molecule has 30 heavy (non-hydrogen) atoms. The molecule has 1 aromatic carbocycles. The van der Waals surface area contributed by atoms with Gasteiger partial charge in [0.15, 0.2) is 11.2 Å². The summed E-state index contributed by atoms with van der Waals surface area (Å²) in [7, 11) is 3.00. The largest absolute Gasteiger partial charge is 0.487 e. The number of aromatic nitrogens is 4. The lowest BCUT2D eigenvalue weighted by Crippen LogP contribution is -2.41. The Bertz CT molecular complexity index is 1250. The van der Waals surface area contributed by atoms with Crippen molar-refractivity contribution in [2.45, 2.75) is 44.9 Å². The minimum Gasteiger partial charge on any atom is -0.487 e. The zero-order chi connectivity index (χ0) is 21.6. The van der Waals surface area contributed by atoms with Crippen LogP contribution in [-0.2, 0) is 25.4 Å². The molecule has 2 aromatic heterocycles. The molecule has 1 amide bonds. The summed E-state index contributed by atoms with van der Waals surface area (Å²) in [6.07, 6.45) is 2.33. The summed E-state index contributed by atoms with van der Waals surface area (Å²) < 4.78 is 10.0. The Morgan fingerprint density at radius 1 is 1.23 bits per heavy atom. The van der Waals surface area contributed by atoms with Gasteiger partial charge in [0.2, 0.25) is 5.91 Å². The molecule has 0 radical (unpaired) electrons. The van der Waals surface area contributed by atoms with Crippen LogP contribution in [-0.4, -0.2) is 30.2 Å². The summed E-state index contributed by atoms with van der Waals surface area (Å²) in [5.41, 5.74) is 0.335. The molecule has 0 aliphatic carbocycles. The monoisotopic (exact) mass is 411 g/mol. The third kappa shape index (κ3) is 3.40. The van der Waals surface area contributed by atoms with Crippen molar-refractivity contribution in [1.82, 2.24) is 24.0 Å². The summed E-state index contributed by atoms with van der Waals surface area (Å²) in [4.78, 5) is 41.5. The zero-order valence-corrected chi connectivity index (χ0v) is 17.5. The Hall–Kier alpha value is -3.36. The number of ether oxygens (including phenoxy) is 1. The van der Waals surface area contributed by atoms with Gasteiger partial charge in [-0.25, -0.2) is 9.78 Å². The van der Waals surface area contributed by atoms with Crippen molar-refractivity contribution in [2.24, 2.45) is 14.1 Å². The highest BCUT2D eigenvalue weighted by Crippen LogP contribution is 2.39. The minimum atomic E-state index is -0.434. The summed E-state index contributed by atoms with van der Waals surface area (Å²) in [6.45, 7) is 4.28. The predicted octanol–water partition coefficient (Wildman–Crippen LogP) is 1.24. The van der Waals surface area contributed by atoms with Gasteiger partial charge in [-0.3, -0.25) is 18.7 Å². The highest BCUT2D eigenvalue weighted by atomic mass is 16.5. The van der Waals surface area contributed by atoms with Gasteiger partial charge in [0, 0.05) is 39.0 Å². The SMILES string of the molecule is Cn1c(=O)c2c(ncn2CCC(=O)NC2CC(C)(C)Oc3ccccc32)n(C)c1=O. The number of benzene rings is 1. The quantitative estimate of drug-likeness (QED) is 0.696. The van der Waals surface area contributed by atoms with Gasteiger partial charge in [-0.2, -0.15) is 0 Å². The molecule has 1 aliphatic rings. The van der Waals surface area contributed by atoms with Gasteiger partial charge in [-0.15, -0.1) is 0 Å². The van der Waals surface area contributed by atoms with E-state index in [1.54, 1.807) is 11.6 Å². The first-order valence-corrected chi connectivity index (χ1v) is 9.86. The van der Waals surface area contributed by atoms with Gasteiger partial charge in [-0.1, -0.05) is 18.2 Å². The fourth-order valence-corrected chi connectivity index (χ4v) is 3.99. The fourth-order valence-electron chi connectivity index (χ4n) is 3.99. The van der Waals surface area contributed by atoms with Crippen LogP contribution in [0.4, 0.5) is 0 Å². The number of fused-ring (bicyclic) bond motifs is 2. The van der Waals surface area contributed by atoms with Gasteiger partial charge >= 0.3 is 5.69 Å².